The van der Waals surface area contributed by atoms with Crippen LogP contribution in [0.25, 0.3) is 21.9 Å². The highest BCUT2D eigenvalue weighted by Gasteiger charge is 2.21. The minimum atomic E-state index is -0.561. The van der Waals surface area contributed by atoms with Crippen LogP contribution in [0.2, 0.25) is 0 Å². The van der Waals surface area contributed by atoms with Gasteiger partial charge >= 0.3 is 5.97 Å². The Hall–Kier alpha value is -3.48. The number of fused-ring (bicyclic) bond motifs is 2. The molecule has 0 radical (unpaired) electrons. The third-order valence-electron chi connectivity index (χ3n) is 4.91. The van der Waals surface area contributed by atoms with Gasteiger partial charge in [-0.3, -0.25) is 4.79 Å². The lowest BCUT2D eigenvalue weighted by molar-refractivity contribution is 0.0476. The van der Waals surface area contributed by atoms with Gasteiger partial charge in [0.2, 0.25) is 5.78 Å². The summed E-state index contributed by atoms with van der Waals surface area (Å²) in [6.07, 6.45) is 1.62. The van der Waals surface area contributed by atoms with Crippen LogP contribution in [0.3, 0.4) is 0 Å². The number of ether oxygens (including phenoxy) is 1. The average Bonchev–Trinajstić information content (AvgIpc) is 3.25. The van der Waals surface area contributed by atoms with Crippen LogP contribution in [0.1, 0.15) is 52.0 Å². The van der Waals surface area contributed by atoms with Crippen LogP contribution in [0, 0.1) is 13.8 Å². The quantitative estimate of drug-likeness (QED) is 0.408. The largest absolute Gasteiger partial charge is 0.454 e. The molecule has 0 unspecified atom stereocenters. The number of ketones is 1. The minimum Gasteiger partial charge on any atom is -0.454 e. The molecule has 29 heavy (non-hydrogen) atoms. The van der Waals surface area contributed by atoms with Gasteiger partial charge in [0.25, 0.3) is 0 Å². The van der Waals surface area contributed by atoms with Crippen LogP contribution < -0.4 is 0 Å². The molecule has 4 aromatic rings. The van der Waals surface area contributed by atoms with Gasteiger partial charge < -0.3 is 9.72 Å². The number of nitrogens with one attached hydrogen (secondary N) is 1. The Bertz CT molecular complexity index is 1250. The summed E-state index contributed by atoms with van der Waals surface area (Å²) in [5, 5.41) is 5.78. The van der Waals surface area contributed by atoms with Gasteiger partial charge in [-0.05, 0) is 39.8 Å². The van der Waals surface area contributed by atoms with E-state index in [1.165, 1.54) is 0 Å². The van der Waals surface area contributed by atoms with E-state index in [1.54, 1.807) is 16.9 Å². The maximum absolute atomic E-state index is 12.8. The molecule has 148 valence electrons. The van der Waals surface area contributed by atoms with Crippen molar-refractivity contribution < 1.29 is 14.3 Å². The molecular weight excluding hydrogens is 368 g/mol. The number of hydrogen-bond acceptors (Lipinski definition) is 5. The number of nitrogens with zero attached hydrogens (tertiary/aromatic N) is 3. The van der Waals surface area contributed by atoms with Crippen molar-refractivity contribution in [2.45, 2.75) is 33.7 Å². The number of pyridine rings is 1. The van der Waals surface area contributed by atoms with Crippen LogP contribution >= 0.6 is 0 Å². The van der Waals surface area contributed by atoms with Crippen molar-refractivity contribution >= 4 is 33.7 Å². The number of para-hydroxylation sites is 1. The second kappa shape index (κ2) is 7.16. The van der Waals surface area contributed by atoms with Crippen LogP contribution in [-0.4, -0.2) is 38.1 Å². The van der Waals surface area contributed by atoms with Crippen molar-refractivity contribution in [1.29, 1.82) is 0 Å². The second-order valence-corrected chi connectivity index (χ2v) is 7.40. The first kappa shape index (κ1) is 18.9. The number of carbonyl (C=O) groups is 2. The number of esters is 1. The predicted molar refractivity (Wildman–Crippen MR) is 110 cm³/mol. The van der Waals surface area contributed by atoms with E-state index in [1.807, 2.05) is 52.0 Å². The Morgan fingerprint density at radius 1 is 1.17 bits per heavy atom. The fraction of sp³-hybridized carbons (Fsp3) is 0.273. The van der Waals surface area contributed by atoms with Gasteiger partial charge in [-0.15, -0.1) is 0 Å². The predicted octanol–water partition coefficient (Wildman–Crippen LogP) is 4.15. The fourth-order valence-electron chi connectivity index (χ4n) is 3.61. The zero-order valence-electron chi connectivity index (χ0n) is 16.8. The first-order valence-corrected chi connectivity index (χ1v) is 9.49. The van der Waals surface area contributed by atoms with E-state index in [-0.39, 0.29) is 18.4 Å². The smallest absolute Gasteiger partial charge is 0.339 e. The Labute approximate surface area is 167 Å². The van der Waals surface area contributed by atoms with Gasteiger partial charge in [0, 0.05) is 33.9 Å². The van der Waals surface area contributed by atoms with Crippen LogP contribution in [0.15, 0.2) is 36.5 Å². The molecule has 3 heterocycles. The van der Waals surface area contributed by atoms with Crippen LogP contribution in [-0.2, 0) is 4.74 Å². The van der Waals surface area contributed by atoms with Gasteiger partial charge in [0.1, 0.15) is 0 Å². The molecule has 0 saturated heterocycles. The highest BCUT2D eigenvalue weighted by atomic mass is 16.5. The summed E-state index contributed by atoms with van der Waals surface area (Å²) in [5.41, 5.74) is 3.87. The number of aromatic nitrogens is 4. The molecule has 0 aliphatic heterocycles. The molecule has 0 aliphatic rings. The fourth-order valence-corrected chi connectivity index (χ4v) is 3.61. The average molecular weight is 390 g/mol. The summed E-state index contributed by atoms with van der Waals surface area (Å²) in [5.74, 6) is -0.803. The number of benzene rings is 1. The minimum absolute atomic E-state index is 0.108. The standard InChI is InChI=1S/C22H22N4O3/c1-12(2)26-21-17(10-23-26)16(9-13(3)24-21)22(28)29-11-19(27)20-14(4)25-18-8-6-5-7-15(18)20/h5-10,12,25H,11H2,1-4H3. The lowest BCUT2D eigenvalue weighted by Crippen LogP contribution is -2.15. The summed E-state index contributed by atoms with van der Waals surface area (Å²) in [7, 11) is 0. The highest BCUT2D eigenvalue weighted by Crippen LogP contribution is 2.24. The van der Waals surface area contributed by atoms with Crippen molar-refractivity contribution in [2.24, 2.45) is 0 Å². The molecule has 0 fully saturated rings. The summed E-state index contributed by atoms with van der Waals surface area (Å²) < 4.78 is 7.15. The van der Waals surface area contributed by atoms with Crippen molar-refractivity contribution in [3.8, 4) is 0 Å². The van der Waals surface area contributed by atoms with Gasteiger partial charge in [-0.25, -0.2) is 14.5 Å². The maximum Gasteiger partial charge on any atom is 0.339 e. The second-order valence-electron chi connectivity index (χ2n) is 7.40. The molecule has 0 aliphatic carbocycles. The number of aromatic amines is 1. The van der Waals surface area contributed by atoms with Crippen molar-refractivity contribution in [3.05, 3.63) is 59.0 Å². The molecule has 0 bridgehead atoms. The van der Waals surface area contributed by atoms with Crippen LogP contribution in [0.4, 0.5) is 0 Å². The Morgan fingerprint density at radius 3 is 2.69 bits per heavy atom. The number of aryl methyl sites for hydroxylation is 2. The first-order chi connectivity index (χ1) is 13.9. The molecule has 7 nitrogen and oxygen atoms in total. The van der Waals surface area contributed by atoms with E-state index in [9.17, 15) is 9.59 Å². The number of Topliss-reactive ketones (excluding diaryl/α,β-unsaturated/α-hetero) is 1. The molecular formula is C22H22N4O3. The zero-order valence-corrected chi connectivity index (χ0v) is 16.8. The van der Waals surface area contributed by atoms with Crippen molar-refractivity contribution in [1.82, 2.24) is 19.7 Å². The lowest BCUT2D eigenvalue weighted by Gasteiger charge is -2.09. The van der Waals surface area contributed by atoms with Gasteiger partial charge in [-0.1, -0.05) is 18.2 Å². The SMILES string of the molecule is Cc1cc(C(=O)OCC(=O)c2c(C)[nH]c3ccccc23)c2cnn(C(C)C)c2n1. The first-order valence-electron chi connectivity index (χ1n) is 9.49. The van der Waals surface area contributed by atoms with E-state index in [0.29, 0.717) is 27.9 Å². The number of carbonyl (C=O) groups excluding carboxylic acids is 2. The third-order valence-corrected chi connectivity index (χ3v) is 4.91. The summed E-state index contributed by atoms with van der Waals surface area (Å²) in [6.45, 7) is 7.31. The van der Waals surface area contributed by atoms with Crippen molar-refractivity contribution in [2.75, 3.05) is 6.61 Å². The highest BCUT2D eigenvalue weighted by molar-refractivity contribution is 6.11. The molecule has 0 spiro atoms. The molecule has 1 aromatic carbocycles. The number of H-pyrrole nitrogens is 1. The Kier molecular flexibility index (Phi) is 4.66. The summed E-state index contributed by atoms with van der Waals surface area (Å²) in [6, 6.07) is 9.34. The molecule has 1 N–H and O–H groups in total. The normalized spacial score (nSPS) is 11.5. The molecule has 0 saturated carbocycles. The zero-order chi connectivity index (χ0) is 20.7. The molecule has 0 atom stereocenters. The van der Waals surface area contributed by atoms with E-state index in [0.717, 1.165) is 16.6 Å². The molecule has 7 heteroatoms. The summed E-state index contributed by atoms with van der Waals surface area (Å²) in [4.78, 5) is 33.2. The molecule has 3 aromatic heterocycles. The van der Waals surface area contributed by atoms with Gasteiger partial charge in [0.15, 0.2) is 12.3 Å². The van der Waals surface area contributed by atoms with E-state index < -0.39 is 5.97 Å². The summed E-state index contributed by atoms with van der Waals surface area (Å²) >= 11 is 0. The topological polar surface area (TPSA) is 89.9 Å². The Balaban J connectivity index is 1.60. The van der Waals surface area contributed by atoms with Crippen molar-refractivity contribution in [3.63, 3.8) is 0 Å². The maximum atomic E-state index is 12.8. The van der Waals surface area contributed by atoms with E-state index >= 15 is 0 Å². The monoisotopic (exact) mass is 390 g/mol. The lowest BCUT2D eigenvalue weighted by atomic mass is 10.1. The van der Waals surface area contributed by atoms with E-state index in [2.05, 4.69) is 15.1 Å². The molecule has 4 rings (SSSR count). The van der Waals surface area contributed by atoms with Crippen LogP contribution in [0.5, 0.6) is 0 Å². The van der Waals surface area contributed by atoms with Gasteiger partial charge in [0.05, 0.1) is 17.1 Å². The number of hydrogen-bond donors (Lipinski definition) is 1. The molecule has 0 amide bonds. The van der Waals surface area contributed by atoms with Gasteiger partial charge in [-0.2, -0.15) is 5.10 Å². The van der Waals surface area contributed by atoms with E-state index in [4.69, 9.17) is 4.74 Å². The number of rotatable bonds is 5. The Morgan fingerprint density at radius 2 is 1.93 bits per heavy atom. The third kappa shape index (κ3) is 3.29.